The van der Waals surface area contributed by atoms with E-state index >= 15 is 0 Å². The summed E-state index contributed by atoms with van der Waals surface area (Å²) in [7, 11) is 0. The molecule has 1 aliphatic rings. The van der Waals surface area contributed by atoms with Crippen molar-refractivity contribution in [1.29, 1.82) is 0 Å². The second-order valence-electron chi connectivity index (χ2n) is 5.00. The first-order valence-electron chi connectivity index (χ1n) is 6.41. The van der Waals surface area contributed by atoms with E-state index in [9.17, 15) is 4.79 Å². The number of aromatic nitrogens is 3. The first-order valence-corrected chi connectivity index (χ1v) is 6.41. The maximum absolute atomic E-state index is 12.1. The predicted octanol–water partition coefficient (Wildman–Crippen LogP) is 1.21. The molecule has 19 heavy (non-hydrogen) atoms. The second kappa shape index (κ2) is 4.84. The molecule has 0 saturated carbocycles. The Morgan fingerprint density at radius 1 is 1.42 bits per heavy atom. The second-order valence-corrected chi connectivity index (χ2v) is 5.00. The molecule has 1 amide bonds. The summed E-state index contributed by atoms with van der Waals surface area (Å²) in [6, 6.07) is 8.38. The Hall–Kier alpha value is -2.17. The van der Waals surface area contributed by atoms with Crippen LogP contribution in [0, 0.1) is 6.92 Å². The Labute approximate surface area is 111 Å². The topological polar surface area (TPSA) is 51.0 Å². The molecule has 0 N–H and O–H groups in total. The van der Waals surface area contributed by atoms with E-state index in [1.807, 2.05) is 40.9 Å². The third-order valence-corrected chi connectivity index (χ3v) is 3.47. The van der Waals surface area contributed by atoms with Crippen molar-refractivity contribution in [2.24, 2.45) is 0 Å². The molecule has 0 spiro atoms. The Kier molecular flexibility index (Phi) is 3.03. The van der Waals surface area contributed by atoms with Gasteiger partial charge in [-0.2, -0.15) is 0 Å². The van der Waals surface area contributed by atoms with Crippen LogP contribution in [-0.2, 0) is 11.2 Å². The lowest BCUT2D eigenvalue weighted by atomic mass is 10.0. The molecule has 0 aliphatic carbocycles. The third-order valence-electron chi connectivity index (χ3n) is 3.47. The van der Waals surface area contributed by atoms with Gasteiger partial charge in [-0.25, -0.2) is 4.68 Å². The van der Waals surface area contributed by atoms with E-state index in [1.165, 1.54) is 5.56 Å². The molecule has 2 aromatic rings. The Morgan fingerprint density at radius 2 is 2.26 bits per heavy atom. The summed E-state index contributed by atoms with van der Waals surface area (Å²) in [6.07, 6.45) is 3.98. The summed E-state index contributed by atoms with van der Waals surface area (Å²) in [5, 5.41) is 7.74. The summed E-state index contributed by atoms with van der Waals surface area (Å²) in [5.41, 5.74) is 2.27. The minimum atomic E-state index is 0.182. The number of likely N-dealkylation sites (tertiary alicyclic amines) is 1. The maximum atomic E-state index is 12.1. The molecule has 5 heteroatoms. The van der Waals surface area contributed by atoms with Crippen molar-refractivity contribution in [3.8, 4) is 0 Å². The van der Waals surface area contributed by atoms with Crippen molar-refractivity contribution >= 4 is 5.91 Å². The van der Waals surface area contributed by atoms with Crippen LogP contribution in [0.1, 0.15) is 17.2 Å². The van der Waals surface area contributed by atoms with Gasteiger partial charge in [-0.1, -0.05) is 35.0 Å². The molecule has 1 aromatic heterocycles. The lowest BCUT2D eigenvalue weighted by Crippen LogP contribution is -2.51. The van der Waals surface area contributed by atoms with E-state index in [2.05, 4.69) is 16.4 Å². The van der Waals surface area contributed by atoms with Crippen LogP contribution in [0.15, 0.2) is 36.7 Å². The van der Waals surface area contributed by atoms with Gasteiger partial charge in [0.25, 0.3) is 0 Å². The van der Waals surface area contributed by atoms with E-state index in [0.717, 1.165) is 18.7 Å². The zero-order valence-corrected chi connectivity index (χ0v) is 10.9. The number of nitrogens with zero attached hydrogens (tertiary/aromatic N) is 4. The summed E-state index contributed by atoms with van der Waals surface area (Å²) in [6.45, 7) is 3.50. The zero-order chi connectivity index (χ0) is 13.2. The summed E-state index contributed by atoms with van der Waals surface area (Å²) in [5.74, 6) is 0.182. The molecule has 5 nitrogen and oxygen atoms in total. The minimum Gasteiger partial charge on any atom is -0.338 e. The Morgan fingerprint density at radius 3 is 2.95 bits per heavy atom. The molecule has 0 radical (unpaired) electrons. The van der Waals surface area contributed by atoms with Crippen molar-refractivity contribution in [3.63, 3.8) is 0 Å². The molecular formula is C14H16N4O. The lowest BCUT2D eigenvalue weighted by Gasteiger charge is -2.38. The minimum absolute atomic E-state index is 0.182. The fourth-order valence-corrected chi connectivity index (χ4v) is 2.35. The average molecular weight is 256 g/mol. The van der Waals surface area contributed by atoms with Crippen molar-refractivity contribution < 1.29 is 4.79 Å². The fourth-order valence-electron chi connectivity index (χ4n) is 2.35. The van der Waals surface area contributed by atoms with E-state index in [4.69, 9.17) is 0 Å². The molecule has 2 heterocycles. The van der Waals surface area contributed by atoms with Gasteiger partial charge in [-0.15, -0.1) is 5.10 Å². The molecule has 3 rings (SSSR count). The normalized spacial score (nSPS) is 15.3. The van der Waals surface area contributed by atoms with Gasteiger partial charge in [0, 0.05) is 19.3 Å². The molecule has 1 aliphatic heterocycles. The highest BCUT2D eigenvalue weighted by molar-refractivity contribution is 5.79. The van der Waals surface area contributed by atoms with Gasteiger partial charge in [0.05, 0.1) is 18.7 Å². The summed E-state index contributed by atoms with van der Waals surface area (Å²) >= 11 is 0. The van der Waals surface area contributed by atoms with Crippen LogP contribution in [-0.4, -0.2) is 38.9 Å². The molecule has 1 saturated heterocycles. The smallest absolute Gasteiger partial charge is 0.227 e. The van der Waals surface area contributed by atoms with Gasteiger partial charge in [0.15, 0.2) is 0 Å². The number of benzene rings is 1. The van der Waals surface area contributed by atoms with Gasteiger partial charge in [0.2, 0.25) is 5.91 Å². The number of amides is 1. The molecule has 0 atom stereocenters. The molecule has 0 bridgehead atoms. The van der Waals surface area contributed by atoms with Crippen molar-refractivity contribution in [3.05, 3.63) is 47.8 Å². The number of carbonyl (C=O) groups is 1. The molecule has 1 fully saturated rings. The first-order chi connectivity index (χ1) is 9.22. The van der Waals surface area contributed by atoms with Gasteiger partial charge in [-0.05, 0) is 12.5 Å². The highest BCUT2D eigenvalue weighted by Crippen LogP contribution is 2.20. The number of hydrogen-bond donors (Lipinski definition) is 0. The van der Waals surface area contributed by atoms with E-state index in [-0.39, 0.29) is 11.9 Å². The monoisotopic (exact) mass is 256 g/mol. The highest BCUT2D eigenvalue weighted by atomic mass is 16.2. The van der Waals surface area contributed by atoms with Crippen molar-refractivity contribution in [1.82, 2.24) is 19.9 Å². The first kappa shape index (κ1) is 11.9. The largest absolute Gasteiger partial charge is 0.338 e. The Bertz CT molecular complexity index is 573. The molecule has 0 unspecified atom stereocenters. The van der Waals surface area contributed by atoms with Crippen LogP contribution < -0.4 is 0 Å². The molecular weight excluding hydrogens is 240 g/mol. The van der Waals surface area contributed by atoms with Gasteiger partial charge in [-0.3, -0.25) is 4.79 Å². The van der Waals surface area contributed by atoms with Crippen LogP contribution >= 0.6 is 0 Å². The van der Waals surface area contributed by atoms with Crippen molar-refractivity contribution in [2.75, 3.05) is 13.1 Å². The van der Waals surface area contributed by atoms with Crippen LogP contribution in [0.5, 0.6) is 0 Å². The summed E-state index contributed by atoms with van der Waals surface area (Å²) in [4.78, 5) is 14.0. The molecule has 1 aromatic carbocycles. The van der Waals surface area contributed by atoms with Gasteiger partial charge in [0.1, 0.15) is 0 Å². The SMILES string of the molecule is Cc1cccc(CC(=O)N2CC(n3ccnn3)C2)c1. The van der Waals surface area contributed by atoms with E-state index in [0.29, 0.717) is 6.42 Å². The van der Waals surface area contributed by atoms with Crippen LogP contribution in [0.2, 0.25) is 0 Å². The third kappa shape index (κ3) is 2.50. The predicted molar refractivity (Wildman–Crippen MR) is 70.5 cm³/mol. The van der Waals surface area contributed by atoms with Gasteiger partial charge < -0.3 is 4.90 Å². The standard InChI is InChI=1S/C14H16N4O/c1-11-3-2-4-12(7-11)8-14(19)17-9-13(10-17)18-6-5-15-16-18/h2-7,13H,8-10H2,1H3. The highest BCUT2D eigenvalue weighted by Gasteiger charge is 2.32. The number of carbonyl (C=O) groups excluding carboxylic acids is 1. The number of aryl methyl sites for hydroxylation is 1. The van der Waals surface area contributed by atoms with E-state index < -0.39 is 0 Å². The Balaban J connectivity index is 1.56. The molecule has 98 valence electrons. The fraction of sp³-hybridized carbons (Fsp3) is 0.357. The number of rotatable bonds is 3. The summed E-state index contributed by atoms with van der Waals surface area (Å²) < 4.78 is 1.82. The number of hydrogen-bond acceptors (Lipinski definition) is 3. The van der Waals surface area contributed by atoms with Crippen molar-refractivity contribution in [2.45, 2.75) is 19.4 Å². The quantitative estimate of drug-likeness (QED) is 0.829. The zero-order valence-electron chi connectivity index (χ0n) is 10.9. The lowest BCUT2D eigenvalue weighted by molar-refractivity contribution is -0.136. The van der Waals surface area contributed by atoms with Crippen LogP contribution in [0.4, 0.5) is 0 Å². The average Bonchev–Trinajstić information content (AvgIpc) is 2.80. The van der Waals surface area contributed by atoms with Crippen LogP contribution in [0.3, 0.4) is 0 Å². The van der Waals surface area contributed by atoms with E-state index in [1.54, 1.807) is 6.20 Å². The van der Waals surface area contributed by atoms with Crippen LogP contribution in [0.25, 0.3) is 0 Å². The maximum Gasteiger partial charge on any atom is 0.227 e. The van der Waals surface area contributed by atoms with Gasteiger partial charge >= 0.3 is 0 Å².